The molecule has 4 rings (SSSR count). The van der Waals surface area contributed by atoms with Gasteiger partial charge in [-0.25, -0.2) is 0 Å². The second kappa shape index (κ2) is 5.39. The molecular weight excluding hydrogens is 312 g/mol. The van der Waals surface area contributed by atoms with Crippen LogP contribution in [0.1, 0.15) is 59.8 Å². The van der Waals surface area contributed by atoms with Crippen molar-refractivity contribution < 1.29 is 14.7 Å². The summed E-state index contributed by atoms with van der Waals surface area (Å²) in [5.41, 5.74) is 1.98. The Balaban J connectivity index is 1.80. The lowest BCUT2D eigenvalue weighted by Gasteiger charge is -2.58. The summed E-state index contributed by atoms with van der Waals surface area (Å²) in [6, 6.07) is 0. The summed E-state index contributed by atoms with van der Waals surface area (Å²) in [5, 5.41) is 10.9. The highest BCUT2D eigenvalue weighted by Crippen LogP contribution is 2.66. The number of ketones is 2. The van der Waals surface area contributed by atoms with Crippen molar-refractivity contribution in [3.8, 4) is 0 Å². The number of hydrogen-bond donors (Lipinski definition) is 1. The Morgan fingerprint density at radius 1 is 1.20 bits per heavy atom. The Morgan fingerprint density at radius 2 is 1.92 bits per heavy atom. The van der Waals surface area contributed by atoms with E-state index in [1.54, 1.807) is 13.0 Å². The van der Waals surface area contributed by atoms with Crippen molar-refractivity contribution in [2.24, 2.45) is 34.5 Å². The fourth-order valence-corrected chi connectivity index (χ4v) is 7.12. The molecule has 136 valence electrons. The molecule has 7 atom stereocenters. The third kappa shape index (κ3) is 2.14. The van der Waals surface area contributed by atoms with Gasteiger partial charge in [0.2, 0.25) is 0 Å². The summed E-state index contributed by atoms with van der Waals surface area (Å²) in [5.74, 6) is 1.87. The predicted octanol–water partition coefficient (Wildman–Crippen LogP) is 3.86. The van der Waals surface area contributed by atoms with Crippen LogP contribution in [0.5, 0.6) is 0 Å². The molecule has 1 unspecified atom stereocenters. The summed E-state index contributed by atoms with van der Waals surface area (Å²) < 4.78 is 0. The molecule has 0 saturated heterocycles. The van der Waals surface area contributed by atoms with Gasteiger partial charge in [-0.2, -0.15) is 0 Å². The highest BCUT2D eigenvalue weighted by molar-refractivity contribution is 5.93. The molecule has 25 heavy (non-hydrogen) atoms. The van der Waals surface area contributed by atoms with Crippen LogP contribution in [0.3, 0.4) is 0 Å². The third-order valence-corrected chi connectivity index (χ3v) is 8.43. The van der Waals surface area contributed by atoms with Crippen LogP contribution in [-0.4, -0.2) is 22.8 Å². The average Bonchev–Trinajstić information content (AvgIpc) is 2.88. The molecule has 0 bridgehead atoms. The number of fused-ring (bicyclic) bond motifs is 5. The van der Waals surface area contributed by atoms with Crippen LogP contribution in [0.15, 0.2) is 23.3 Å². The van der Waals surface area contributed by atoms with Gasteiger partial charge in [0.25, 0.3) is 0 Å². The summed E-state index contributed by atoms with van der Waals surface area (Å²) in [6.07, 6.45) is 8.01. The number of carbonyl (C=O) groups excluding carboxylic acids is 2. The fraction of sp³-hybridized carbons (Fsp3) is 0.727. The minimum absolute atomic E-state index is 0.0457. The molecule has 4 aliphatic rings. The first-order chi connectivity index (χ1) is 11.7. The van der Waals surface area contributed by atoms with Crippen molar-refractivity contribution in [1.29, 1.82) is 0 Å². The molecule has 4 aliphatic carbocycles. The normalized spacial score (nSPS) is 48.8. The molecule has 0 spiro atoms. The van der Waals surface area contributed by atoms with E-state index in [4.69, 9.17) is 0 Å². The van der Waals surface area contributed by atoms with Crippen LogP contribution in [0, 0.1) is 34.5 Å². The van der Waals surface area contributed by atoms with Crippen molar-refractivity contribution >= 4 is 11.6 Å². The molecule has 0 aromatic rings. The molecule has 1 N–H and O–H groups in total. The molecule has 2 fully saturated rings. The summed E-state index contributed by atoms with van der Waals surface area (Å²) >= 11 is 0. The number of aliphatic hydroxyl groups is 1. The second-order valence-electron chi connectivity index (χ2n) is 9.45. The van der Waals surface area contributed by atoms with E-state index >= 15 is 0 Å². The van der Waals surface area contributed by atoms with E-state index in [2.05, 4.69) is 26.8 Å². The molecule has 0 amide bonds. The quantitative estimate of drug-likeness (QED) is 0.787. The number of aliphatic hydroxyl groups excluding tert-OH is 1. The van der Waals surface area contributed by atoms with Gasteiger partial charge in [0.15, 0.2) is 5.78 Å². The van der Waals surface area contributed by atoms with E-state index < -0.39 is 6.10 Å². The Bertz CT molecular complexity index is 702. The summed E-state index contributed by atoms with van der Waals surface area (Å²) in [6.45, 7) is 8.34. The highest BCUT2D eigenvalue weighted by atomic mass is 16.3. The Labute approximate surface area is 150 Å². The SMILES string of the molecule is CC(=O)[C@H]1CC[C@H]2[C@@H]3C=C(C)C4=CC(=O)CC(O)[C@]4(C)[C@H]3CC[C@]12C. The molecule has 0 radical (unpaired) electrons. The van der Waals surface area contributed by atoms with Crippen LogP contribution in [0.2, 0.25) is 0 Å². The first kappa shape index (κ1) is 17.2. The fourth-order valence-electron chi connectivity index (χ4n) is 7.12. The van der Waals surface area contributed by atoms with Gasteiger partial charge in [-0.05, 0) is 74.3 Å². The molecule has 0 aromatic carbocycles. The standard InChI is InChI=1S/C22H30O3/c1-12-9-15-17-6-5-16(13(2)23)21(17,3)8-7-18(15)22(4)19(12)10-14(24)11-20(22)25/h9-10,15-18,20,25H,5-8,11H2,1-4H3/t15-,16+,17-,18-,20?,21+,22+/m0/s1. The highest BCUT2D eigenvalue weighted by Gasteiger charge is 2.61. The van der Waals surface area contributed by atoms with Crippen LogP contribution in [0.25, 0.3) is 0 Å². The van der Waals surface area contributed by atoms with Gasteiger partial charge in [-0.1, -0.05) is 25.5 Å². The zero-order chi connectivity index (χ0) is 18.1. The van der Waals surface area contributed by atoms with E-state index in [1.807, 2.05) is 0 Å². The van der Waals surface area contributed by atoms with Gasteiger partial charge < -0.3 is 5.11 Å². The van der Waals surface area contributed by atoms with Gasteiger partial charge in [0.1, 0.15) is 5.78 Å². The molecule has 3 heteroatoms. The van der Waals surface area contributed by atoms with Crippen molar-refractivity contribution in [2.75, 3.05) is 0 Å². The number of rotatable bonds is 1. The maximum Gasteiger partial charge on any atom is 0.158 e. The van der Waals surface area contributed by atoms with Crippen molar-refractivity contribution in [3.63, 3.8) is 0 Å². The maximum absolute atomic E-state index is 12.2. The molecule has 0 heterocycles. The van der Waals surface area contributed by atoms with Gasteiger partial charge in [-0.3, -0.25) is 9.59 Å². The Hall–Kier alpha value is -1.22. The summed E-state index contributed by atoms with van der Waals surface area (Å²) in [7, 11) is 0. The maximum atomic E-state index is 12.2. The molecular formula is C22H30O3. The van der Waals surface area contributed by atoms with Crippen LogP contribution in [-0.2, 0) is 9.59 Å². The van der Waals surface area contributed by atoms with Gasteiger partial charge >= 0.3 is 0 Å². The monoisotopic (exact) mass is 342 g/mol. The molecule has 0 aliphatic heterocycles. The van der Waals surface area contributed by atoms with Gasteiger partial charge in [0, 0.05) is 17.8 Å². The van der Waals surface area contributed by atoms with Crippen molar-refractivity contribution in [1.82, 2.24) is 0 Å². The van der Waals surface area contributed by atoms with Crippen molar-refractivity contribution in [2.45, 2.75) is 65.9 Å². The number of hydrogen-bond acceptors (Lipinski definition) is 3. The van der Waals surface area contributed by atoms with E-state index in [9.17, 15) is 14.7 Å². The van der Waals surface area contributed by atoms with Crippen molar-refractivity contribution in [3.05, 3.63) is 23.3 Å². The minimum atomic E-state index is -0.592. The zero-order valence-electron chi connectivity index (χ0n) is 15.8. The number of Topliss-reactive ketones (excluding diaryl/α,β-unsaturated/α-hetero) is 1. The lowest BCUT2D eigenvalue weighted by Crippen LogP contribution is -2.54. The van der Waals surface area contributed by atoms with Crippen LogP contribution in [0.4, 0.5) is 0 Å². The summed E-state index contributed by atoms with van der Waals surface area (Å²) in [4.78, 5) is 24.2. The number of carbonyl (C=O) groups is 2. The topological polar surface area (TPSA) is 54.4 Å². The Morgan fingerprint density at radius 3 is 2.60 bits per heavy atom. The molecule has 0 aromatic heterocycles. The minimum Gasteiger partial charge on any atom is -0.392 e. The Kier molecular flexibility index (Phi) is 3.71. The lowest BCUT2D eigenvalue weighted by atomic mass is 9.47. The smallest absolute Gasteiger partial charge is 0.158 e. The van der Waals surface area contributed by atoms with E-state index in [1.165, 1.54) is 0 Å². The van der Waals surface area contributed by atoms with E-state index in [0.717, 1.165) is 36.8 Å². The first-order valence-electron chi connectivity index (χ1n) is 9.82. The lowest BCUT2D eigenvalue weighted by molar-refractivity contribution is -0.130. The first-order valence-corrected chi connectivity index (χ1v) is 9.82. The molecule has 3 nitrogen and oxygen atoms in total. The van der Waals surface area contributed by atoms with E-state index in [0.29, 0.717) is 23.5 Å². The number of allylic oxidation sites excluding steroid dienone is 3. The van der Waals surface area contributed by atoms with Crippen LogP contribution < -0.4 is 0 Å². The van der Waals surface area contributed by atoms with Gasteiger partial charge in [0.05, 0.1) is 6.10 Å². The second-order valence-corrected chi connectivity index (χ2v) is 9.45. The zero-order valence-corrected chi connectivity index (χ0v) is 15.8. The van der Waals surface area contributed by atoms with Crippen LogP contribution >= 0.6 is 0 Å². The van der Waals surface area contributed by atoms with E-state index in [-0.39, 0.29) is 29.0 Å². The molecule has 2 saturated carbocycles. The third-order valence-electron chi connectivity index (χ3n) is 8.43. The largest absolute Gasteiger partial charge is 0.392 e. The van der Waals surface area contributed by atoms with Gasteiger partial charge in [-0.15, -0.1) is 0 Å². The average molecular weight is 342 g/mol. The predicted molar refractivity (Wildman–Crippen MR) is 96.8 cm³/mol.